The topological polar surface area (TPSA) is 81.5 Å². The lowest BCUT2D eigenvalue weighted by Gasteiger charge is -2.30. The van der Waals surface area contributed by atoms with E-state index in [0.717, 1.165) is 16.8 Å². The molecule has 0 saturated carbocycles. The van der Waals surface area contributed by atoms with Crippen LogP contribution in [0.2, 0.25) is 0 Å². The third kappa shape index (κ3) is 4.95. The van der Waals surface area contributed by atoms with Gasteiger partial charge in [0.05, 0.1) is 23.8 Å². The number of ether oxygens (including phenoxy) is 1. The Labute approximate surface area is 176 Å². The van der Waals surface area contributed by atoms with Gasteiger partial charge in [0.1, 0.15) is 0 Å². The van der Waals surface area contributed by atoms with Crippen LogP contribution in [0, 0.1) is 12.8 Å². The lowest BCUT2D eigenvalue weighted by atomic mass is 9.97. The van der Waals surface area contributed by atoms with Crippen LogP contribution in [-0.2, 0) is 15.7 Å². The van der Waals surface area contributed by atoms with Crippen LogP contribution in [0.25, 0.3) is 5.69 Å². The predicted octanol–water partition coefficient (Wildman–Crippen LogP) is 2.98. The molecule has 0 spiro atoms. The van der Waals surface area contributed by atoms with E-state index in [9.17, 15) is 27.6 Å². The molecule has 0 bridgehead atoms. The minimum Gasteiger partial charge on any atom is -0.466 e. The molecular formula is C21H22F3N3O4. The molecule has 0 N–H and O–H groups in total. The number of hydrogen-bond donors (Lipinski definition) is 0. The fraction of sp³-hybridized carbons (Fsp3) is 0.429. The van der Waals surface area contributed by atoms with Crippen molar-refractivity contribution in [2.45, 2.75) is 32.9 Å². The van der Waals surface area contributed by atoms with Gasteiger partial charge in [0.15, 0.2) is 5.69 Å². The van der Waals surface area contributed by atoms with Crippen molar-refractivity contribution in [1.82, 2.24) is 14.7 Å². The first kappa shape index (κ1) is 22.5. The van der Waals surface area contributed by atoms with Crippen molar-refractivity contribution in [1.29, 1.82) is 0 Å². The van der Waals surface area contributed by atoms with Crippen LogP contribution >= 0.6 is 0 Å². The second-order valence-electron chi connectivity index (χ2n) is 7.28. The summed E-state index contributed by atoms with van der Waals surface area (Å²) in [5.74, 6) is -1.24. The normalized spacial score (nSPS) is 15.1. The van der Waals surface area contributed by atoms with Crippen molar-refractivity contribution in [3.63, 3.8) is 0 Å². The maximum atomic E-state index is 13.1. The van der Waals surface area contributed by atoms with E-state index in [1.54, 1.807) is 6.92 Å². The van der Waals surface area contributed by atoms with Gasteiger partial charge >= 0.3 is 12.1 Å². The first-order chi connectivity index (χ1) is 14.6. The van der Waals surface area contributed by atoms with Crippen LogP contribution in [0.3, 0.4) is 0 Å². The molecule has 0 atom stereocenters. The number of likely N-dealkylation sites (tertiary alicyclic amines) is 1. The summed E-state index contributed by atoms with van der Waals surface area (Å²) in [5.41, 5.74) is -1.47. The number of amides is 1. The standard InChI is InChI=1S/C21H22F3N3O4/c1-3-31-20(30)14-7-9-26(10-8-14)19(29)18-17(28)11-13(2)27(25-18)16-6-4-5-15(12-16)21(22,23)24/h4-6,11-12,14H,3,7-10H2,1-2H3. The predicted molar refractivity (Wildman–Crippen MR) is 105 cm³/mol. The molecule has 1 saturated heterocycles. The molecule has 10 heteroatoms. The summed E-state index contributed by atoms with van der Waals surface area (Å²) < 4.78 is 45.3. The van der Waals surface area contributed by atoms with E-state index >= 15 is 0 Å². The number of carbonyl (C=O) groups excluding carboxylic acids is 2. The molecular weight excluding hydrogens is 415 g/mol. The van der Waals surface area contributed by atoms with Crippen LogP contribution < -0.4 is 5.43 Å². The Morgan fingerprint density at radius 2 is 1.87 bits per heavy atom. The highest BCUT2D eigenvalue weighted by molar-refractivity contribution is 5.92. The maximum Gasteiger partial charge on any atom is 0.416 e. The Balaban J connectivity index is 1.86. The fourth-order valence-electron chi connectivity index (χ4n) is 3.50. The van der Waals surface area contributed by atoms with Gasteiger partial charge in [-0.05, 0) is 44.9 Å². The van der Waals surface area contributed by atoms with Gasteiger partial charge in [0.25, 0.3) is 5.91 Å². The first-order valence-electron chi connectivity index (χ1n) is 9.86. The van der Waals surface area contributed by atoms with Crippen LogP contribution in [0.15, 0.2) is 35.1 Å². The zero-order chi connectivity index (χ0) is 22.8. The Morgan fingerprint density at radius 3 is 2.48 bits per heavy atom. The molecule has 1 aromatic heterocycles. The van der Waals surface area contributed by atoms with E-state index in [-0.39, 0.29) is 43.0 Å². The van der Waals surface area contributed by atoms with Crippen LogP contribution in [0.1, 0.15) is 41.5 Å². The minimum absolute atomic E-state index is 0.0856. The molecule has 3 rings (SSSR count). The molecule has 0 unspecified atom stereocenters. The average Bonchev–Trinajstić information content (AvgIpc) is 2.73. The Bertz CT molecular complexity index is 1040. The van der Waals surface area contributed by atoms with E-state index in [0.29, 0.717) is 18.5 Å². The summed E-state index contributed by atoms with van der Waals surface area (Å²) in [6.07, 6.45) is -3.73. The average molecular weight is 437 g/mol. The number of halogens is 3. The molecule has 2 aromatic rings. The van der Waals surface area contributed by atoms with Crippen molar-refractivity contribution < 1.29 is 27.5 Å². The van der Waals surface area contributed by atoms with Crippen molar-refractivity contribution >= 4 is 11.9 Å². The van der Waals surface area contributed by atoms with Crippen molar-refractivity contribution in [2.24, 2.45) is 5.92 Å². The lowest BCUT2D eigenvalue weighted by molar-refractivity contribution is -0.149. The van der Waals surface area contributed by atoms with Crippen molar-refractivity contribution in [3.05, 3.63) is 57.5 Å². The third-order valence-corrected chi connectivity index (χ3v) is 5.13. The number of carbonyl (C=O) groups is 2. The minimum atomic E-state index is -4.54. The lowest BCUT2D eigenvalue weighted by Crippen LogP contribution is -2.43. The van der Waals surface area contributed by atoms with Crippen molar-refractivity contribution in [2.75, 3.05) is 19.7 Å². The third-order valence-electron chi connectivity index (χ3n) is 5.13. The number of benzene rings is 1. The van der Waals surface area contributed by atoms with Crippen LogP contribution in [0.5, 0.6) is 0 Å². The second kappa shape index (κ2) is 8.91. The molecule has 166 valence electrons. The summed E-state index contributed by atoms with van der Waals surface area (Å²) in [5, 5.41) is 4.08. The van der Waals surface area contributed by atoms with E-state index in [2.05, 4.69) is 5.10 Å². The number of hydrogen-bond acceptors (Lipinski definition) is 5. The van der Waals surface area contributed by atoms with Gasteiger partial charge in [-0.25, -0.2) is 4.68 Å². The molecule has 0 radical (unpaired) electrons. The summed E-state index contributed by atoms with van der Waals surface area (Å²) in [7, 11) is 0. The molecule has 1 fully saturated rings. The highest BCUT2D eigenvalue weighted by Crippen LogP contribution is 2.30. The molecule has 1 aromatic carbocycles. The highest BCUT2D eigenvalue weighted by atomic mass is 19.4. The maximum absolute atomic E-state index is 13.1. The van der Waals surface area contributed by atoms with Crippen LogP contribution in [0.4, 0.5) is 13.2 Å². The molecule has 31 heavy (non-hydrogen) atoms. The van der Waals surface area contributed by atoms with Crippen molar-refractivity contribution in [3.8, 4) is 5.69 Å². The zero-order valence-corrected chi connectivity index (χ0v) is 17.1. The van der Waals surface area contributed by atoms with E-state index in [1.807, 2.05) is 0 Å². The van der Waals surface area contributed by atoms with Gasteiger partial charge in [-0.2, -0.15) is 18.3 Å². The van der Waals surface area contributed by atoms with Gasteiger partial charge in [0.2, 0.25) is 5.43 Å². The zero-order valence-electron chi connectivity index (χ0n) is 17.1. The number of aromatic nitrogens is 2. The summed E-state index contributed by atoms with van der Waals surface area (Å²) >= 11 is 0. The summed E-state index contributed by atoms with van der Waals surface area (Å²) in [6, 6.07) is 5.66. The smallest absolute Gasteiger partial charge is 0.416 e. The number of alkyl halides is 3. The number of esters is 1. The van der Waals surface area contributed by atoms with E-state index in [1.165, 1.54) is 30.0 Å². The van der Waals surface area contributed by atoms with E-state index < -0.39 is 23.1 Å². The Kier molecular flexibility index (Phi) is 6.47. The number of nitrogens with zero attached hydrogens (tertiary/aromatic N) is 3. The SMILES string of the molecule is CCOC(=O)C1CCN(C(=O)c2nn(-c3cccc(C(F)(F)F)c3)c(C)cc2=O)CC1. The number of rotatable bonds is 4. The van der Waals surface area contributed by atoms with Gasteiger partial charge in [-0.1, -0.05) is 6.07 Å². The monoisotopic (exact) mass is 437 g/mol. The molecule has 1 aliphatic heterocycles. The van der Waals surface area contributed by atoms with E-state index in [4.69, 9.17) is 4.74 Å². The molecule has 1 amide bonds. The number of piperidine rings is 1. The summed E-state index contributed by atoms with van der Waals surface area (Å²) in [4.78, 5) is 38.6. The Morgan fingerprint density at radius 1 is 1.19 bits per heavy atom. The quantitative estimate of drug-likeness (QED) is 0.687. The fourth-order valence-corrected chi connectivity index (χ4v) is 3.50. The summed E-state index contributed by atoms with van der Waals surface area (Å²) in [6.45, 7) is 4.02. The van der Waals surface area contributed by atoms with Gasteiger partial charge in [-0.3, -0.25) is 14.4 Å². The molecule has 2 heterocycles. The first-order valence-corrected chi connectivity index (χ1v) is 9.86. The van der Waals surface area contributed by atoms with Crippen LogP contribution in [-0.4, -0.2) is 46.3 Å². The molecule has 0 aliphatic carbocycles. The molecule has 1 aliphatic rings. The number of aryl methyl sites for hydroxylation is 1. The van der Waals surface area contributed by atoms with Gasteiger partial charge in [0, 0.05) is 24.8 Å². The van der Waals surface area contributed by atoms with Gasteiger partial charge < -0.3 is 9.64 Å². The largest absolute Gasteiger partial charge is 0.466 e. The van der Waals surface area contributed by atoms with Gasteiger partial charge in [-0.15, -0.1) is 0 Å². The second-order valence-corrected chi connectivity index (χ2v) is 7.28. The molecule has 7 nitrogen and oxygen atoms in total. The Hall–Kier alpha value is -3.17. The highest BCUT2D eigenvalue weighted by Gasteiger charge is 2.32.